The van der Waals surface area contributed by atoms with E-state index in [0.29, 0.717) is 29.2 Å². The van der Waals surface area contributed by atoms with Crippen molar-refractivity contribution in [2.75, 3.05) is 28.6 Å². The molecule has 0 spiro atoms. The molecule has 5 rings (SSSR count). The Hall–Kier alpha value is -4.09. The van der Waals surface area contributed by atoms with Crippen LogP contribution in [0.3, 0.4) is 0 Å². The number of anilines is 4. The summed E-state index contributed by atoms with van der Waals surface area (Å²) in [5.41, 5.74) is 2.05. The molecule has 268 valence electrons. The molecule has 2 aromatic carbocycles. The molecule has 0 bridgehead atoms. The van der Waals surface area contributed by atoms with E-state index in [-0.39, 0.29) is 43.2 Å². The molecule has 1 saturated heterocycles. The maximum Gasteiger partial charge on any atom is 0.433 e. The van der Waals surface area contributed by atoms with Crippen LogP contribution in [0.1, 0.15) is 60.8 Å². The lowest BCUT2D eigenvalue weighted by molar-refractivity contribution is -0.179. The van der Waals surface area contributed by atoms with Crippen LogP contribution in [0.5, 0.6) is 0 Å². The molecule has 4 aromatic rings. The van der Waals surface area contributed by atoms with Crippen molar-refractivity contribution in [1.29, 1.82) is 0 Å². The molecule has 3 heterocycles. The zero-order valence-electron chi connectivity index (χ0n) is 27.9. The Morgan fingerprint density at radius 1 is 0.980 bits per heavy atom. The van der Waals surface area contributed by atoms with Gasteiger partial charge in [-0.1, -0.05) is 39.0 Å². The standard InChI is InChI=1S/C34H36F6IN7O2/c1-18-9-10-19(17-42-30(50)32(2,3)4)27(41)28(18)46-31-43-22-15-21(29(49)45-26-8-6-7-25(44-26)34(38,39)40)23(16-24(22)47(31)5)48-13-11-20(12-14-48)33(35,36)37/h6-10,15-16,20H,11-14,17H2,1-5H3,(H,42,50)(H,43,46)(H,44,45,49). The minimum Gasteiger partial charge on any atom is -0.371 e. The Labute approximate surface area is 298 Å². The predicted molar refractivity (Wildman–Crippen MR) is 187 cm³/mol. The van der Waals surface area contributed by atoms with E-state index in [1.54, 1.807) is 22.6 Å². The third-order valence-corrected chi connectivity index (χ3v) is 9.84. The van der Waals surface area contributed by atoms with Crippen molar-refractivity contribution in [2.24, 2.45) is 18.4 Å². The van der Waals surface area contributed by atoms with Crippen LogP contribution in [0.2, 0.25) is 0 Å². The van der Waals surface area contributed by atoms with E-state index < -0.39 is 35.3 Å². The van der Waals surface area contributed by atoms with Crippen LogP contribution in [0.4, 0.5) is 49.5 Å². The number of carbonyl (C=O) groups excluding carboxylic acids is 2. The second-order valence-corrected chi connectivity index (χ2v) is 14.4. The first-order valence-electron chi connectivity index (χ1n) is 15.7. The molecule has 0 unspecified atom stereocenters. The van der Waals surface area contributed by atoms with Crippen molar-refractivity contribution in [1.82, 2.24) is 19.9 Å². The number of benzene rings is 2. The van der Waals surface area contributed by atoms with Gasteiger partial charge in [-0.2, -0.15) is 26.3 Å². The van der Waals surface area contributed by atoms with Crippen LogP contribution in [0.15, 0.2) is 42.5 Å². The molecule has 0 saturated carbocycles. The summed E-state index contributed by atoms with van der Waals surface area (Å²) in [5, 5.41) is 8.74. The number of rotatable bonds is 7. The van der Waals surface area contributed by atoms with Gasteiger partial charge in [0.1, 0.15) is 11.5 Å². The fraction of sp³-hybridized carbons (Fsp3) is 0.412. The number of hydrogen-bond acceptors (Lipinski definition) is 6. The molecule has 1 fully saturated rings. The van der Waals surface area contributed by atoms with Crippen molar-refractivity contribution in [2.45, 2.75) is 59.4 Å². The summed E-state index contributed by atoms with van der Waals surface area (Å²) in [5.74, 6) is -2.30. The highest BCUT2D eigenvalue weighted by molar-refractivity contribution is 14.1. The minimum atomic E-state index is -4.74. The molecule has 0 aliphatic carbocycles. The fourth-order valence-electron chi connectivity index (χ4n) is 5.63. The fourth-order valence-corrected chi connectivity index (χ4v) is 6.56. The Morgan fingerprint density at radius 2 is 1.66 bits per heavy atom. The second kappa shape index (κ2) is 13.9. The number of hydrogen-bond donors (Lipinski definition) is 3. The number of pyridine rings is 1. The summed E-state index contributed by atoms with van der Waals surface area (Å²) in [4.78, 5) is 36.1. The third kappa shape index (κ3) is 8.10. The molecular weight excluding hydrogens is 779 g/mol. The van der Waals surface area contributed by atoms with Gasteiger partial charge in [0.2, 0.25) is 11.9 Å². The SMILES string of the molecule is Cc1ccc(CNC(=O)C(C)(C)C)c(I)c1Nc1nc2cc(C(=O)Nc3cccc(C(F)(F)F)n3)c(N3CCC(C(F)(F)F)CC3)cc2n1C. The molecule has 2 aromatic heterocycles. The van der Waals surface area contributed by atoms with E-state index in [9.17, 15) is 35.9 Å². The summed E-state index contributed by atoms with van der Waals surface area (Å²) in [6.45, 7) is 7.72. The molecule has 3 N–H and O–H groups in total. The zero-order chi connectivity index (χ0) is 36.8. The molecule has 9 nitrogen and oxygen atoms in total. The molecule has 1 aliphatic heterocycles. The van der Waals surface area contributed by atoms with E-state index in [2.05, 4.69) is 43.5 Å². The smallest absolute Gasteiger partial charge is 0.371 e. The summed E-state index contributed by atoms with van der Waals surface area (Å²) < 4.78 is 83.0. The molecule has 1 aliphatic rings. The average molecular weight is 816 g/mol. The van der Waals surface area contributed by atoms with Gasteiger partial charge < -0.3 is 25.4 Å². The first-order chi connectivity index (χ1) is 23.2. The van der Waals surface area contributed by atoms with E-state index in [1.807, 2.05) is 39.8 Å². The lowest BCUT2D eigenvalue weighted by Crippen LogP contribution is -2.39. The number of aromatic nitrogens is 3. The van der Waals surface area contributed by atoms with E-state index >= 15 is 0 Å². The Balaban J connectivity index is 1.51. The number of fused-ring (bicyclic) bond motifs is 1. The van der Waals surface area contributed by atoms with Crippen LogP contribution < -0.4 is 20.9 Å². The zero-order valence-corrected chi connectivity index (χ0v) is 30.1. The number of piperidine rings is 1. The van der Waals surface area contributed by atoms with Crippen molar-refractivity contribution in [3.8, 4) is 0 Å². The first-order valence-corrected chi connectivity index (χ1v) is 16.8. The van der Waals surface area contributed by atoms with Gasteiger partial charge in [-0.25, -0.2) is 9.97 Å². The number of carbonyl (C=O) groups is 2. The number of aryl methyl sites for hydroxylation is 2. The molecule has 50 heavy (non-hydrogen) atoms. The average Bonchev–Trinajstić information content (AvgIpc) is 3.34. The van der Waals surface area contributed by atoms with Gasteiger partial charge in [0.25, 0.3) is 5.91 Å². The largest absolute Gasteiger partial charge is 0.433 e. The number of imidazole rings is 1. The van der Waals surface area contributed by atoms with Crippen LogP contribution >= 0.6 is 22.6 Å². The van der Waals surface area contributed by atoms with Crippen molar-refractivity contribution >= 4 is 68.6 Å². The van der Waals surface area contributed by atoms with Crippen LogP contribution in [-0.4, -0.2) is 45.6 Å². The molecule has 0 radical (unpaired) electrons. The van der Waals surface area contributed by atoms with E-state index in [4.69, 9.17) is 4.98 Å². The normalized spacial score (nSPS) is 14.6. The number of alkyl halides is 6. The van der Waals surface area contributed by atoms with Gasteiger partial charge in [0, 0.05) is 35.7 Å². The highest BCUT2D eigenvalue weighted by Crippen LogP contribution is 2.38. The van der Waals surface area contributed by atoms with Crippen LogP contribution in [0.25, 0.3) is 11.0 Å². The van der Waals surface area contributed by atoms with Crippen molar-refractivity contribution in [3.05, 3.63) is 68.4 Å². The molecule has 2 amide bonds. The van der Waals surface area contributed by atoms with E-state index in [1.165, 1.54) is 12.1 Å². The highest BCUT2D eigenvalue weighted by Gasteiger charge is 2.41. The molecule has 16 heteroatoms. The van der Waals surface area contributed by atoms with Gasteiger partial charge >= 0.3 is 12.4 Å². The van der Waals surface area contributed by atoms with Gasteiger partial charge in [-0.15, -0.1) is 0 Å². The van der Waals surface area contributed by atoms with Gasteiger partial charge in [0.15, 0.2) is 0 Å². The Morgan fingerprint density at radius 3 is 2.28 bits per heavy atom. The van der Waals surface area contributed by atoms with Crippen molar-refractivity contribution in [3.63, 3.8) is 0 Å². The topological polar surface area (TPSA) is 104 Å². The maximum atomic E-state index is 13.7. The minimum absolute atomic E-state index is 0.0106. The highest BCUT2D eigenvalue weighted by atomic mass is 127. The van der Waals surface area contributed by atoms with E-state index in [0.717, 1.165) is 32.5 Å². The number of halogens is 7. The lowest BCUT2D eigenvalue weighted by atomic mass is 9.95. The summed E-state index contributed by atoms with van der Waals surface area (Å²) in [7, 11) is 1.75. The molecule has 0 atom stereocenters. The van der Waals surface area contributed by atoms with Gasteiger partial charge in [-0.05, 0) is 77.7 Å². The first kappa shape index (κ1) is 37.2. The monoisotopic (exact) mass is 815 g/mol. The summed E-state index contributed by atoms with van der Waals surface area (Å²) in [6.07, 6.45) is -9.44. The quantitative estimate of drug-likeness (QED) is 0.128. The maximum absolute atomic E-state index is 13.7. The van der Waals surface area contributed by atoms with Gasteiger partial charge in [0.05, 0.1) is 33.9 Å². The number of nitrogens with zero attached hydrogens (tertiary/aromatic N) is 4. The van der Waals surface area contributed by atoms with Crippen molar-refractivity contribution < 1.29 is 35.9 Å². The Bertz CT molecular complexity index is 1930. The number of nitrogens with one attached hydrogen (secondary N) is 3. The summed E-state index contributed by atoms with van der Waals surface area (Å²) in [6, 6.07) is 10.1. The second-order valence-electron chi connectivity index (χ2n) is 13.3. The predicted octanol–water partition coefficient (Wildman–Crippen LogP) is 8.34. The summed E-state index contributed by atoms with van der Waals surface area (Å²) >= 11 is 2.20. The third-order valence-electron chi connectivity index (χ3n) is 8.61. The lowest BCUT2D eigenvalue weighted by Gasteiger charge is -2.35. The van der Waals surface area contributed by atoms with Crippen LogP contribution in [0, 0.1) is 21.8 Å². The van der Waals surface area contributed by atoms with Gasteiger partial charge in [-0.3, -0.25) is 9.59 Å². The van der Waals surface area contributed by atoms with Crippen LogP contribution in [-0.2, 0) is 24.6 Å². The number of amides is 2. The molecular formula is C34H36F6IN7O2. The Kier molecular flexibility index (Phi) is 10.3.